The second kappa shape index (κ2) is 12.8. The maximum absolute atomic E-state index is 10.3. The van der Waals surface area contributed by atoms with Crippen molar-refractivity contribution in [1.29, 1.82) is 0 Å². The van der Waals surface area contributed by atoms with Crippen molar-refractivity contribution in [3.63, 3.8) is 0 Å². The monoisotopic (exact) mass is 270 g/mol. The van der Waals surface area contributed by atoms with E-state index in [0.717, 1.165) is 6.29 Å². The molecule has 0 bridgehead atoms. The Morgan fingerprint density at radius 1 is 1.21 bits per heavy atom. The molecule has 1 radical (unpaired) electrons. The van der Waals surface area contributed by atoms with E-state index in [1.165, 1.54) is 0 Å². The third-order valence-corrected chi connectivity index (χ3v) is 1.27. The van der Waals surface area contributed by atoms with E-state index in [1.54, 1.807) is 25.3 Å². The summed E-state index contributed by atoms with van der Waals surface area (Å²) in [4.78, 5) is 10.3. The largest absolute Gasteiger partial charge is 0.496 e. The van der Waals surface area contributed by atoms with E-state index in [0.29, 0.717) is 11.3 Å². The Balaban J connectivity index is -0.000000284. The van der Waals surface area contributed by atoms with Crippen LogP contribution in [-0.4, -0.2) is 13.4 Å². The molecular weight excluding hydrogens is 253 g/mol. The van der Waals surface area contributed by atoms with Gasteiger partial charge in [0.15, 0.2) is 6.29 Å². The third kappa shape index (κ3) is 6.28. The number of methoxy groups -OCH3 is 1. The van der Waals surface area contributed by atoms with Crippen LogP contribution in [0.3, 0.4) is 0 Å². The van der Waals surface area contributed by atoms with Crippen molar-refractivity contribution in [3.05, 3.63) is 37.3 Å². The van der Waals surface area contributed by atoms with Crippen LogP contribution in [0.2, 0.25) is 0 Å². The molecule has 0 aliphatic heterocycles. The summed E-state index contributed by atoms with van der Waals surface area (Å²) in [7, 11) is 1.54. The Kier molecular flexibility index (Phi) is 17.7. The maximum atomic E-state index is 10.3. The molecule has 0 heterocycles. The first-order valence-electron chi connectivity index (χ1n) is 3.96. The van der Waals surface area contributed by atoms with Crippen LogP contribution in [-0.2, 0) is 32.7 Å². The molecule has 0 aliphatic carbocycles. The second-order valence-electron chi connectivity index (χ2n) is 1.86. The van der Waals surface area contributed by atoms with Crippen molar-refractivity contribution < 1.29 is 42.2 Å². The first-order chi connectivity index (χ1) is 5.88. The summed E-state index contributed by atoms with van der Waals surface area (Å²) in [5.74, 6) is 0.623. The molecule has 2 nitrogen and oxygen atoms in total. The van der Waals surface area contributed by atoms with Gasteiger partial charge >= 0.3 is 0 Å². The average Bonchev–Trinajstić information content (AvgIpc) is 2.20. The van der Waals surface area contributed by atoms with Gasteiger partial charge in [-0.05, 0) is 12.1 Å². The molecule has 0 saturated carbocycles. The molecule has 14 heavy (non-hydrogen) atoms. The van der Waals surface area contributed by atoms with Gasteiger partial charge in [-0.25, -0.2) is 0 Å². The molecule has 1 aromatic carbocycles. The fourth-order valence-electron chi connectivity index (χ4n) is 0.764. The van der Waals surface area contributed by atoms with E-state index < -0.39 is 0 Å². The van der Waals surface area contributed by atoms with Gasteiger partial charge in [0.1, 0.15) is 5.75 Å². The smallest absolute Gasteiger partial charge is 0.153 e. The molecular formula is C11H17O2Y-. The summed E-state index contributed by atoms with van der Waals surface area (Å²) in [5, 5.41) is 0. The maximum Gasteiger partial charge on any atom is 0.153 e. The molecule has 0 amide bonds. The third-order valence-electron chi connectivity index (χ3n) is 1.27. The predicted octanol–water partition coefficient (Wildman–Crippen LogP) is 2.98. The van der Waals surface area contributed by atoms with E-state index in [9.17, 15) is 4.79 Å². The minimum Gasteiger partial charge on any atom is -0.496 e. The number of carbonyl (C=O) groups is 1. The Morgan fingerprint density at radius 3 is 2.07 bits per heavy atom. The van der Waals surface area contributed by atoms with E-state index >= 15 is 0 Å². The Morgan fingerprint density at radius 2 is 1.71 bits per heavy atom. The average molecular weight is 270 g/mol. The second-order valence-corrected chi connectivity index (χ2v) is 1.86. The molecule has 0 N–H and O–H groups in total. The standard InChI is InChI=1S/C8H8O2.C2H6.CH3.Y/c1-10-8-5-3-2-4-7(8)6-9;1-2;;/h2-6H,1H3;1-2H3;1H3;/q;;-1;. The van der Waals surface area contributed by atoms with Gasteiger partial charge < -0.3 is 12.2 Å². The van der Waals surface area contributed by atoms with Gasteiger partial charge in [0.05, 0.1) is 12.7 Å². The summed E-state index contributed by atoms with van der Waals surface area (Å²) >= 11 is 0. The summed E-state index contributed by atoms with van der Waals surface area (Å²) in [6.45, 7) is 4.00. The van der Waals surface area contributed by atoms with E-state index in [2.05, 4.69) is 0 Å². The number of ether oxygens (including phenoxy) is 1. The van der Waals surface area contributed by atoms with Gasteiger partial charge in [-0.15, -0.1) is 0 Å². The molecule has 0 aromatic heterocycles. The van der Waals surface area contributed by atoms with Crippen molar-refractivity contribution in [2.45, 2.75) is 13.8 Å². The zero-order valence-electron chi connectivity index (χ0n) is 9.28. The van der Waals surface area contributed by atoms with Gasteiger partial charge in [0.2, 0.25) is 0 Å². The van der Waals surface area contributed by atoms with Crippen LogP contribution in [0.1, 0.15) is 24.2 Å². The van der Waals surface area contributed by atoms with Crippen LogP contribution in [0, 0.1) is 7.43 Å². The summed E-state index contributed by atoms with van der Waals surface area (Å²) in [6, 6.07) is 7.09. The number of rotatable bonds is 2. The molecule has 1 aromatic rings. The minimum absolute atomic E-state index is 0. The topological polar surface area (TPSA) is 26.3 Å². The van der Waals surface area contributed by atoms with Crippen molar-refractivity contribution >= 4 is 6.29 Å². The van der Waals surface area contributed by atoms with Gasteiger partial charge in [0.25, 0.3) is 0 Å². The van der Waals surface area contributed by atoms with E-state index in [-0.39, 0.29) is 40.1 Å². The van der Waals surface area contributed by atoms with E-state index in [4.69, 9.17) is 4.74 Å². The van der Waals surface area contributed by atoms with Crippen LogP contribution in [0.4, 0.5) is 0 Å². The molecule has 0 atom stereocenters. The van der Waals surface area contributed by atoms with Gasteiger partial charge in [-0.2, -0.15) is 0 Å². The number of para-hydroxylation sites is 1. The van der Waals surface area contributed by atoms with Crippen molar-refractivity contribution in [3.8, 4) is 5.75 Å². The first kappa shape index (κ1) is 19.4. The number of aldehydes is 1. The van der Waals surface area contributed by atoms with Crippen molar-refractivity contribution in [2.75, 3.05) is 7.11 Å². The van der Waals surface area contributed by atoms with Crippen LogP contribution < -0.4 is 4.74 Å². The van der Waals surface area contributed by atoms with Crippen LogP contribution in [0.25, 0.3) is 0 Å². The van der Waals surface area contributed by atoms with Crippen LogP contribution >= 0.6 is 0 Å². The number of hydrogen-bond donors (Lipinski definition) is 0. The first-order valence-corrected chi connectivity index (χ1v) is 3.96. The molecule has 0 aliphatic rings. The van der Waals surface area contributed by atoms with Crippen LogP contribution in [0.15, 0.2) is 24.3 Å². The van der Waals surface area contributed by atoms with Crippen molar-refractivity contribution in [2.24, 2.45) is 0 Å². The van der Waals surface area contributed by atoms with Gasteiger partial charge in [0, 0.05) is 32.7 Å². The van der Waals surface area contributed by atoms with Gasteiger partial charge in [-0.3, -0.25) is 4.79 Å². The molecule has 0 saturated heterocycles. The Labute approximate surface area is 112 Å². The molecule has 0 unspecified atom stereocenters. The molecule has 0 spiro atoms. The van der Waals surface area contributed by atoms with Gasteiger partial charge in [-0.1, -0.05) is 26.0 Å². The van der Waals surface area contributed by atoms with Crippen LogP contribution in [0.5, 0.6) is 5.75 Å². The van der Waals surface area contributed by atoms with Crippen molar-refractivity contribution in [1.82, 2.24) is 0 Å². The fourth-order valence-corrected chi connectivity index (χ4v) is 0.764. The SMILES string of the molecule is CC.COc1ccccc1C=O.[CH3-].[Y]. The zero-order valence-corrected chi connectivity index (χ0v) is 12.1. The normalized spacial score (nSPS) is 6.79. The minimum atomic E-state index is 0. The summed E-state index contributed by atoms with van der Waals surface area (Å²) < 4.78 is 4.90. The number of hydrogen-bond acceptors (Lipinski definition) is 2. The Hall–Kier alpha value is -0.206. The number of benzene rings is 1. The summed E-state index contributed by atoms with van der Waals surface area (Å²) in [5.41, 5.74) is 0.588. The quantitative estimate of drug-likeness (QED) is 0.610. The molecule has 77 valence electrons. The molecule has 3 heteroatoms. The van der Waals surface area contributed by atoms with E-state index in [1.807, 2.05) is 19.9 Å². The Bertz CT molecular complexity index is 236. The summed E-state index contributed by atoms with van der Waals surface area (Å²) in [6.07, 6.45) is 0.777. The zero-order chi connectivity index (χ0) is 9.40. The molecule has 1 rings (SSSR count). The predicted molar refractivity (Wildman–Crippen MR) is 56.1 cm³/mol. The fraction of sp³-hybridized carbons (Fsp3) is 0.273. The molecule has 0 fully saturated rings. The number of carbonyl (C=O) groups excluding carboxylic acids is 1.